The number of fused-ring (bicyclic) bond motifs is 2. The van der Waals surface area contributed by atoms with Gasteiger partial charge in [0.2, 0.25) is 0 Å². The number of allylic oxidation sites excluding steroid dienone is 1. The smallest absolute Gasteiger partial charge is 0.138 e. The van der Waals surface area contributed by atoms with Crippen LogP contribution in [0.4, 0.5) is 5.69 Å². The number of aromatic nitrogens is 6. The molecule has 0 spiro atoms. The van der Waals surface area contributed by atoms with Crippen LogP contribution < -0.4 is 5.32 Å². The summed E-state index contributed by atoms with van der Waals surface area (Å²) in [7, 11) is 0. The average Bonchev–Trinajstić information content (AvgIpc) is 3.62. The fourth-order valence-electron chi connectivity index (χ4n) is 4.04. The van der Waals surface area contributed by atoms with E-state index in [1.807, 2.05) is 36.8 Å². The van der Waals surface area contributed by atoms with Gasteiger partial charge in [0.1, 0.15) is 11.3 Å². The van der Waals surface area contributed by atoms with Crippen LogP contribution in [-0.2, 0) is 0 Å². The lowest BCUT2D eigenvalue weighted by Gasteiger charge is -2.08. The summed E-state index contributed by atoms with van der Waals surface area (Å²) < 4.78 is 0. The lowest BCUT2D eigenvalue weighted by Crippen LogP contribution is -1.97. The van der Waals surface area contributed by atoms with E-state index >= 15 is 0 Å². The van der Waals surface area contributed by atoms with Crippen molar-refractivity contribution in [1.29, 1.82) is 0 Å². The molecule has 0 fully saturated rings. The van der Waals surface area contributed by atoms with Crippen LogP contribution in [0.15, 0.2) is 78.2 Å². The van der Waals surface area contributed by atoms with Crippen LogP contribution in [-0.4, -0.2) is 30.1 Å². The van der Waals surface area contributed by atoms with Gasteiger partial charge >= 0.3 is 0 Å². The van der Waals surface area contributed by atoms with Gasteiger partial charge in [0.25, 0.3) is 0 Å². The zero-order valence-corrected chi connectivity index (χ0v) is 19.3. The Hall–Kier alpha value is -4.30. The maximum Gasteiger partial charge on any atom is 0.138 e. The molecule has 0 aromatic carbocycles. The molecule has 0 aliphatic heterocycles. The molecule has 0 radical (unpaired) electrons. The van der Waals surface area contributed by atoms with Crippen LogP contribution in [0.5, 0.6) is 0 Å². The molecule has 3 N–H and O–H groups in total. The minimum absolute atomic E-state index is 0.821. The highest BCUT2D eigenvalue weighted by Gasteiger charge is 2.15. The summed E-state index contributed by atoms with van der Waals surface area (Å²) in [6.07, 6.45) is 8.09. The second-order valence-electron chi connectivity index (χ2n) is 8.05. The highest BCUT2D eigenvalue weighted by atomic mass is 32.1. The lowest BCUT2D eigenvalue weighted by molar-refractivity contribution is 1.11. The van der Waals surface area contributed by atoms with E-state index in [1.54, 1.807) is 17.5 Å². The van der Waals surface area contributed by atoms with E-state index in [4.69, 9.17) is 0 Å². The van der Waals surface area contributed by atoms with Gasteiger partial charge in [0.15, 0.2) is 0 Å². The zero-order valence-electron chi connectivity index (χ0n) is 18.5. The van der Waals surface area contributed by atoms with Crippen molar-refractivity contribution in [3.8, 4) is 33.8 Å². The molecule has 8 heteroatoms. The van der Waals surface area contributed by atoms with Gasteiger partial charge in [0.05, 0.1) is 35.0 Å². The third kappa shape index (κ3) is 3.54. The zero-order chi connectivity index (χ0) is 23.1. The molecule has 166 valence electrons. The highest BCUT2D eigenvalue weighted by Crippen LogP contribution is 2.34. The first-order chi connectivity index (χ1) is 16.7. The molecule has 6 rings (SSSR count). The number of thiophene rings is 1. The number of H-pyrrole nitrogens is 2. The van der Waals surface area contributed by atoms with Gasteiger partial charge < -0.3 is 10.3 Å². The average molecular weight is 464 g/mol. The first-order valence-electron chi connectivity index (χ1n) is 10.9. The summed E-state index contributed by atoms with van der Waals surface area (Å²) in [5.74, 6) is 0. The Morgan fingerprint density at radius 2 is 2.00 bits per heavy atom. The van der Waals surface area contributed by atoms with Crippen LogP contribution in [0.2, 0.25) is 0 Å². The van der Waals surface area contributed by atoms with Gasteiger partial charge in [-0.1, -0.05) is 13.5 Å². The molecule has 7 nitrogen and oxygen atoms in total. The summed E-state index contributed by atoms with van der Waals surface area (Å²) in [5, 5.41) is 17.3. The molecule has 0 saturated carbocycles. The van der Waals surface area contributed by atoms with Crippen LogP contribution >= 0.6 is 11.3 Å². The molecule has 0 aliphatic rings. The van der Waals surface area contributed by atoms with Crippen LogP contribution in [0.25, 0.3) is 55.7 Å². The summed E-state index contributed by atoms with van der Waals surface area (Å²) in [6.45, 7) is 6.08. The minimum Gasteiger partial charge on any atom is -0.358 e. The number of hydrogen-bond acceptors (Lipinski definition) is 6. The number of rotatable bonds is 6. The first kappa shape index (κ1) is 20.3. The predicted molar refractivity (Wildman–Crippen MR) is 139 cm³/mol. The van der Waals surface area contributed by atoms with Crippen molar-refractivity contribution in [3.05, 3.63) is 78.2 Å². The van der Waals surface area contributed by atoms with E-state index in [1.165, 1.54) is 5.56 Å². The van der Waals surface area contributed by atoms with Crippen molar-refractivity contribution in [2.45, 2.75) is 13.3 Å². The Bertz CT molecular complexity index is 1640. The quantitative estimate of drug-likeness (QED) is 0.258. The van der Waals surface area contributed by atoms with Crippen LogP contribution in [0, 0.1) is 0 Å². The van der Waals surface area contributed by atoms with Gasteiger partial charge in [0, 0.05) is 34.4 Å². The second kappa shape index (κ2) is 8.24. The number of nitrogens with zero attached hydrogens (tertiary/aromatic N) is 4. The standard InChI is InChI=1S/C26H21N7S/c1-3-15(2)30-18-8-17(11-27-12-18)22-10-21-24(13-29-22)32-33-25(21)23-9-20-19(16-5-7-34-14-16)4-6-28-26(20)31-23/h4-14,30H,2-3H2,1H3,(H,28,31)(H,32,33). The number of aromatic amines is 2. The van der Waals surface area contributed by atoms with Crippen molar-refractivity contribution >= 4 is 39.0 Å². The molecule has 6 aromatic heterocycles. The van der Waals surface area contributed by atoms with E-state index in [2.05, 4.69) is 71.8 Å². The predicted octanol–water partition coefficient (Wildman–Crippen LogP) is 6.63. The molecular formula is C26H21N7S. The molecule has 0 unspecified atom stereocenters. The first-order valence-corrected chi connectivity index (χ1v) is 11.9. The van der Waals surface area contributed by atoms with E-state index in [9.17, 15) is 0 Å². The van der Waals surface area contributed by atoms with E-state index in [-0.39, 0.29) is 0 Å². The van der Waals surface area contributed by atoms with Crippen molar-refractivity contribution in [2.24, 2.45) is 0 Å². The maximum absolute atomic E-state index is 4.63. The van der Waals surface area contributed by atoms with Gasteiger partial charge in [-0.2, -0.15) is 16.4 Å². The molecule has 0 saturated heterocycles. The summed E-state index contributed by atoms with van der Waals surface area (Å²) in [6, 6.07) is 10.4. The Balaban J connectivity index is 1.43. The van der Waals surface area contributed by atoms with Gasteiger partial charge in [-0.25, -0.2) is 4.98 Å². The SMILES string of the molecule is C=C(CC)Nc1cncc(-c2cc3c(-c4cc5c(-c6ccsc6)ccnc5[nH]4)n[nH]c3cn2)c1. The lowest BCUT2D eigenvalue weighted by atomic mass is 10.1. The van der Waals surface area contributed by atoms with Gasteiger partial charge in [-0.05, 0) is 58.6 Å². The topological polar surface area (TPSA) is 95.2 Å². The van der Waals surface area contributed by atoms with Crippen LogP contribution in [0.3, 0.4) is 0 Å². The normalized spacial score (nSPS) is 11.3. The molecular weight excluding hydrogens is 442 g/mol. The Morgan fingerprint density at radius 3 is 2.85 bits per heavy atom. The fourth-order valence-corrected chi connectivity index (χ4v) is 4.70. The van der Waals surface area contributed by atoms with Gasteiger partial charge in [-0.3, -0.25) is 15.1 Å². The second-order valence-corrected chi connectivity index (χ2v) is 8.83. The van der Waals surface area contributed by atoms with Crippen molar-refractivity contribution in [2.75, 3.05) is 5.32 Å². The molecule has 0 amide bonds. The van der Waals surface area contributed by atoms with E-state index in [0.717, 1.165) is 68.0 Å². The summed E-state index contributed by atoms with van der Waals surface area (Å²) in [5.41, 5.74) is 9.34. The number of pyridine rings is 3. The molecule has 6 heterocycles. The van der Waals surface area contributed by atoms with Crippen LogP contribution in [0.1, 0.15) is 13.3 Å². The number of nitrogens with one attached hydrogen (secondary N) is 3. The fraction of sp³-hybridized carbons (Fsp3) is 0.0769. The highest BCUT2D eigenvalue weighted by molar-refractivity contribution is 7.08. The molecule has 0 aliphatic carbocycles. The van der Waals surface area contributed by atoms with E-state index in [0.29, 0.717) is 0 Å². The van der Waals surface area contributed by atoms with Crippen molar-refractivity contribution in [1.82, 2.24) is 30.1 Å². The Labute approximate surface area is 199 Å². The Kier molecular flexibility index (Phi) is 4.92. The van der Waals surface area contributed by atoms with Crippen molar-refractivity contribution < 1.29 is 0 Å². The molecule has 0 bridgehead atoms. The summed E-state index contributed by atoms with van der Waals surface area (Å²) >= 11 is 1.68. The monoisotopic (exact) mass is 463 g/mol. The number of hydrogen-bond donors (Lipinski definition) is 3. The maximum atomic E-state index is 4.63. The largest absolute Gasteiger partial charge is 0.358 e. The third-order valence-corrected chi connectivity index (χ3v) is 6.53. The minimum atomic E-state index is 0.821. The Morgan fingerprint density at radius 1 is 1.06 bits per heavy atom. The molecule has 34 heavy (non-hydrogen) atoms. The van der Waals surface area contributed by atoms with Crippen molar-refractivity contribution in [3.63, 3.8) is 0 Å². The summed E-state index contributed by atoms with van der Waals surface area (Å²) in [4.78, 5) is 17.0. The third-order valence-electron chi connectivity index (χ3n) is 5.85. The van der Waals surface area contributed by atoms with E-state index < -0.39 is 0 Å². The molecule has 6 aromatic rings. The molecule has 0 atom stereocenters. The van der Waals surface area contributed by atoms with Gasteiger partial charge in [-0.15, -0.1) is 0 Å². The number of anilines is 1.